The molecule has 1 aromatic rings. The van der Waals surface area contributed by atoms with Crippen molar-refractivity contribution < 1.29 is 20.1 Å². The SMILES string of the molecule is CSc1cn([C@@H]2O[C@H](CO)[C@@H](O)[C@@H]2O)c(=O)[nH]c1=O. The maximum Gasteiger partial charge on any atom is 0.330 e. The van der Waals surface area contributed by atoms with Gasteiger partial charge in [0.1, 0.15) is 18.3 Å². The Balaban J connectivity index is 2.43. The molecule has 1 saturated heterocycles. The van der Waals surface area contributed by atoms with Gasteiger partial charge in [-0.15, -0.1) is 11.8 Å². The monoisotopic (exact) mass is 290 g/mol. The summed E-state index contributed by atoms with van der Waals surface area (Å²) in [5.41, 5.74) is -1.28. The van der Waals surface area contributed by atoms with Crippen molar-refractivity contribution in [3.8, 4) is 0 Å². The first-order chi connectivity index (χ1) is 8.99. The zero-order valence-electron chi connectivity index (χ0n) is 10.0. The molecule has 0 unspecified atom stereocenters. The fourth-order valence-corrected chi connectivity index (χ4v) is 2.37. The van der Waals surface area contributed by atoms with Crippen molar-refractivity contribution >= 4 is 11.8 Å². The van der Waals surface area contributed by atoms with Crippen LogP contribution >= 0.6 is 11.8 Å². The number of aromatic nitrogens is 2. The minimum Gasteiger partial charge on any atom is -0.394 e. The van der Waals surface area contributed by atoms with Gasteiger partial charge >= 0.3 is 5.69 Å². The van der Waals surface area contributed by atoms with Crippen molar-refractivity contribution in [1.29, 1.82) is 0 Å². The van der Waals surface area contributed by atoms with Crippen LogP contribution in [0.3, 0.4) is 0 Å². The zero-order chi connectivity index (χ0) is 14.2. The van der Waals surface area contributed by atoms with Gasteiger partial charge in [0.15, 0.2) is 6.23 Å². The first kappa shape index (κ1) is 14.3. The van der Waals surface area contributed by atoms with Crippen molar-refractivity contribution in [3.05, 3.63) is 27.0 Å². The predicted molar refractivity (Wildman–Crippen MR) is 66.1 cm³/mol. The normalized spacial score (nSPS) is 30.7. The van der Waals surface area contributed by atoms with Gasteiger partial charge in [-0.2, -0.15) is 0 Å². The van der Waals surface area contributed by atoms with E-state index in [1.54, 1.807) is 6.26 Å². The number of hydrogen-bond acceptors (Lipinski definition) is 7. The van der Waals surface area contributed by atoms with Gasteiger partial charge in [0.2, 0.25) is 0 Å². The summed E-state index contributed by atoms with van der Waals surface area (Å²) in [5, 5.41) is 28.4. The van der Waals surface area contributed by atoms with Crippen molar-refractivity contribution in [2.45, 2.75) is 29.4 Å². The molecule has 0 aliphatic carbocycles. The summed E-state index contributed by atoms with van der Waals surface area (Å²) in [6, 6.07) is 0. The van der Waals surface area contributed by atoms with Crippen LogP contribution in [0, 0.1) is 0 Å². The number of nitrogens with zero attached hydrogens (tertiary/aromatic N) is 1. The van der Waals surface area contributed by atoms with Gasteiger partial charge in [0.25, 0.3) is 5.56 Å². The van der Waals surface area contributed by atoms with E-state index in [9.17, 15) is 19.8 Å². The van der Waals surface area contributed by atoms with E-state index in [2.05, 4.69) is 4.98 Å². The smallest absolute Gasteiger partial charge is 0.330 e. The number of nitrogens with one attached hydrogen (secondary N) is 1. The lowest BCUT2D eigenvalue weighted by molar-refractivity contribution is -0.0553. The Hall–Kier alpha value is -1.13. The quantitative estimate of drug-likeness (QED) is 0.469. The van der Waals surface area contributed by atoms with Gasteiger partial charge in [-0.1, -0.05) is 0 Å². The van der Waals surface area contributed by atoms with E-state index in [1.165, 1.54) is 6.20 Å². The first-order valence-corrected chi connectivity index (χ1v) is 6.74. The van der Waals surface area contributed by atoms with Crippen LogP contribution in [0.4, 0.5) is 0 Å². The number of thioether (sulfide) groups is 1. The highest BCUT2D eigenvalue weighted by Gasteiger charge is 2.43. The topological polar surface area (TPSA) is 125 Å². The number of aliphatic hydroxyl groups excluding tert-OH is 3. The lowest BCUT2D eigenvalue weighted by Crippen LogP contribution is -2.38. The van der Waals surface area contributed by atoms with E-state index < -0.39 is 42.4 Å². The molecule has 0 bridgehead atoms. The molecular formula is C10H14N2O6S. The fourth-order valence-electron chi connectivity index (χ4n) is 1.91. The molecule has 0 radical (unpaired) electrons. The van der Waals surface area contributed by atoms with E-state index in [1.807, 2.05) is 0 Å². The Morgan fingerprint density at radius 3 is 2.63 bits per heavy atom. The summed E-state index contributed by atoms with van der Waals surface area (Å²) in [7, 11) is 0. The molecule has 1 aromatic heterocycles. The van der Waals surface area contributed by atoms with E-state index in [0.717, 1.165) is 16.3 Å². The highest BCUT2D eigenvalue weighted by Crippen LogP contribution is 2.28. The average Bonchev–Trinajstić information content (AvgIpc) is 2.67. The van der Waals surface area contributed by atoms with Crippen molar-refractivity contribution in [2.75, 3.05) is 12.9 Å². The van der Waals surface area contributed by atoms with Gasteiger partial charge in [-0.05, 0) is 6.26 Å². The van der Waals surface area contributed by atoms with Crippen molar-refractivity contribution in [1.82, 2.24) is 9.55 Å². The molecule has 4 N–H and O–H groups in total. The van der Waals surface area contributed by atoms with E-state index in [4.69, 9.17) is 9.84 Å². The fraction of sp³-hybridized carbons (Fsp3) is 0.600. The number of H-pyrrole nitrogens is 1. The number of aliphatic hydroxyl groups is 3. The number of aromatic amines is 1. The number of hydrogen-bond donors (Lipinski definition) is 4. The van der Waals surface area contributed by atoms with E-state index in [-0.39, 0.29) is 4.90 Å². The second-order valence-electron chi connectivity index (χ2n) is 4.09. The molecule has 106 valence electrons. The van der Waals surface area contributed by atoms with Gasteiger partial charge < -0.3 is 20.1 Å². The van der Waals surface area contributed by atoms with Crippen LogP contribution in [0.25, 0.3) is 0 Å². The Bertz CT molecular complexity index is 570. The molecule has 19 heavy (non-hydrogen) atoms. The van der Waals surface area contributed by atoms with Crippen LogP contribution in [-0.2, 0) is 4.74 Å². The summed E-state index contributed by atoms with van der Waals surface area (Å²) in [6.07, 6.45) is -1.87. The highest BCUT2D eigenvalue weighted by atomic mass is 32.2. The Labute approximate surface area is 111 Å². The largest absolute Gasteiger partial charge is 0.394 e. The van der Waals surface area contributed by atoms with Crippen LogP contribution in [0.2, 0.25) is 0 Å². The molecule has 0 aromatic carbocycles. The van der Waals surface area contributed by atoms with Crippen LogP contribution in [0.15, 0.2) is 20.7 Å². The summed E-state index contributed by atoms with van der Waals surface area (Å²) >= 11 is 1.13. The lowest BCUT2D eigenvalue weighted by Gasteiger charge is -2.17. The molecule has 1 aliphatic rings. The molecule has 2 rings (SSSR count). The van der Waals surface area contributed by atoms with Crippen molar-refractivity contribution in [2.24, 2.45) is 0 Å². The number of ether oxygens (including phenoxy) is 1. The molecule has 0 amide bonds. The minimum atomic E-state index is -1.37. The third-order valence-corrected chi connectivity index (χ3v) is 3.68. The molecule has 9 heteroatoms. The number of rotatable bonds is 3. The summed E-state index contributed by atoms with van der Waals surface area (Å²) < 4.78 is 6.22. The Kier molecular flexibility index (Phi) is 4.11. The van der Waals surface area contributed by atoms with Gasteiger partial charge in [-0.25, -0.2) is 4.79 Å². The maximum absolute atomic E-state index is 11.7. The predicted octanol–water partition coefficient (Wildman–Crippen LogP) is -2.13. The maximum atomic E-state index is 11.7. The minimum absolute atomic E-state index is 0.275. The molecular weight excluding hydrogens is 276 g/mol. The first-order valence-electron chi connectivity index (χ1n) is 5.51. The van der Waals surface area contributed by atoms with Gasteiger partial charge in [0, 0.05) is 6.20 Å². The van der Waals surface area contributed by atoms with Crippen molar-refractivity contribution in [3.63, 3.8) is 0 Å². The van der Waals surface area contributed by atoms with Gasteiger partial charge in [0.05, 0.1) is 11.5 Å². The lowest BCUT2D eigenvalue weighted by atomic mass is 10.1. The molecule has 2 heterocycles. The van der Waals surface area contributed by atoms with Crippen LogP contribution in [0.1, 0.15) is 6.23 Å². The Morgan fingerprint density at radius 1 is 1.42 bits per heavy atom. The molecule has 0 spiro atoms. The standard InChI is InChI=1S/C10H14N2O6S/c1-19-5-2-12(10(17)11-8(5)16)9-7(15)6(14)4(3-13)18-9/h2,4,6-7,9,13-15H,3H2,1H3,(H,11,16,17)/t4-,6-,7+,9-/m1/s1. The summed E-state index contributed by atoms with van der Waals surface area (Å²) in [5.74, 6) is 0. The second kappa shape index (κ2) is 5.47. The molecule has 1 aliphatic heterocycles. The van der Waals surface area contributed by atoms with Crippen LogP contribution < -0.4 is 11.2 Å². The highest BCUT2D eigenvalue weighted by molar-refractivity contribution is 7.98. The average molecular weight is 290 g/mol. The van der Waals surface area contributed by atoms with E-state index in [0.29, 0.717) is 0 Å². The third-order valence-electron chi connectivity index (χ3n) is 2.95. The van der Waals surface area contributed by atoms with Crippen LogP contribution in [0.5, 0.6) is 0 Å². The zero-order valence-corrected chi connectivity index (χ0v) is 10.8. The third kappa shape index (κ3) is 2.47. The second-order valence-corrected chi connectivity index (χ2v) is 4.94. The molecule has 0 saturated carbocycles. The summed E-state index contributed by atoms with van der Waals surface area (Å²) in [4.78, 5) is 25.5. The Morgan fingerprint density at radius 2 is 2.11 bits per heavy atom. The van der Waals surface area contributed by atoms with Gasteiger partial charge in [-0.3, -0.25) is 14.3 Å². The molecule has 1 fully saturated rings. The molecule has 8 nitrogen and oxygen atoms in total. The summed E-state index contributed by atoms with van der Waals surface area (Å²) in [6.45, 7) is -0.484. The van der Waals surface area contributed by atoms with E-state index >= 15 is 0 Å². The molecule has 4 atom stereocenters. The van der Waals surface area contributed by atoms with Crippen LogP contribution in [-0.4, -0.2) is 56.0 Å².